The Balaban J connectivity index is 3.16. The Morgan fingerprint density at radius 2 is 2.13 bits per heavy atom. The fraction of sp³-hybridized carbons (Fsp3) is 0.250. The highest BCUT2D eigenvalue weighted by Gasteiger charge is 2.06. The maximum absolute atomic E-state index is 5.39. The number of hydrogen-bond acceptors (Lipinski definition) is 3. The van der Waals surface area contributed by atoms with Crippen LogP contribution in [0, 0.1) is 13.8 Å². The third kappa shape index (κ3) is 2.84. The SMILES string of the molecule is C=C(C)N(/C=C\N)c1cc(C)cc(C)n1. The predicted molar refractivity (Wildman–Crippen MR) is 64.3 cm³/mol. The Hall–Kier alpha value is -1.77. The van der Waals surface area contributed by atoms with Crippen molar-refractivity contribution in [3.63, 3.8) is 0 Å². The average Bonchev–Trinajstić information content (AvgIpc) is 2.11. The molecule has 0 radical (unpaired) electrons. The molecule has 0 aliphatic rings. The summed E-state index contributed by atoms with van der Waals surface area (Å²) in [4.78, 5) is 6.29. The quantitative estimate of drug-likeness (QED) is 0.820. The van der Waals surface area contributed by atoms with Crippen molar-refractivity contribution >= 4 is 5.82 Å². The van der Waals surface area contributed by atoms with Gasteiger partial charge in [-0.1, -0.05) is 6.58 Å². The molecule has 3 heteroatoms. The van der Waals surface area contributed by atoms with Crippen LogP contribution in [-0.2, 0) is 0 Å². The van der Waals surface area contributed by atoms with Crippen LogP contribution in [0.3, 0.4) is 0 Å². The molecule has 3 nitrogen and oxygen atoms in total. The van der Waals surface area contributed by atoms with E-state index < -0.39 is 0 Å². The number of hydrogen-bond donors (Lipinski definition) is 1. The highest BCUT2D eigenvalue weighted by Crippen LogP contribution is 2.18. The van der Waals surface area contributed by atoms with E-state index in [9.17, 15) is 0 Å². The van der Waals surface area contributed by atoms with Gasteiger partial charge in [0.15, 0.2) is 0 Å². The molecule has 1 rings (SSSR count). The van der Waals surface area contributed by atoms with Gasteiger partial charge in [-0.3, -0.25) is 0 Å². The van der Waals surface area contributed by atoms with E-state index in [-0.39, 0.29) is 0 Å². The Labute approximate surface area is 90.9 Å². The summed E-state index contributed by atoms with van der Waals surface area (Å²) in [7, 11) is 0. The van der Waals surface area contributed by atoms with Crippen LogP contribution in [0.4, 0.5) is 5.82 Å². The number of nitrogens with zero attached hydrogens (tertiary/aromatic N) is 2. The second-order valence-corrected chi connectivity index (χ2v) is 3.59. The zero-order valence-electron chi connectivity index (χ0n) is 9.49. The van der Waals surface area contributed by atoms with Crippen molar-refractivity contribution in [3.8, 4) is 0 Å². The first-order valence-electron chi connectivity index (χ1n) is 4.83. The summed E-state index contributed by atoms with van der Waals surface area (Å²) in [5.74, 6) is 0.849. The number of allylic oxidation sites excluding steroid dienone is 1. The van der Waals surface area contributed by atoms with E-state index in [0.717, 1.165) is 17.2 Å². The molecule has 0 atom stereocenters. The third-order valence-corrected chi connectivity index (χ3v) is 1.98. The second-order valence-electron chi connectivity index (χ2n) is 3.59. The largest absolute Gasteiger partial charge is 0.403 e. The molecule has 0 unspecified atom stereocenters. The minimum atomic E-state index is 0.849. The van der Waals surface area contributed by atoms with Crippen LogP contribution in [0.15, 0.2) is 36.8 Å². The van der Waals surface area contributed by atoms with Crippen LogP contribution in [0.2, 0.25) is 0 Å². The highest BCUT2D eigenvalue weighted by atomic mass is 15.2. The monoisotopic (exact) mass is 203 g/mol. The first-order chi connectivity index (χ1) is 7.04. The van der Waals surface area contributed by atoms with Crippen LogP contribution < -0.4 is 10.6 Å². The molecule has 1 aromatic rings. The number of pyridine rings is 1. The molecule has 2 N–H and O–H groups in total. The Morgan fingerprint density at radius 1 is 1.47 bits per heavy atom. The number of anilines is 1. The number of aryl methyl sites for hydroxylation is 2. The lowest BCUT2D eigenvalue weighted by molar-refractivity contribution is 1.06. The zero-order valence-corrected chi connectivity index (χ0v) is 9.49. The average molecular weight is 203 g/mol. The van der Waals surface area contributed by atoms with Gasteiger partial charge in [0, 0.05) is 23.8 Å². The van der Waals surface area contributed by atoms with Gasteiger partial charge in [-0.05, 0) is 38.5 Å². The second kappa shape index (κ2) is 4.64. The molecule has 1 aromatic heterocycles. The van der Waals surface area contributed by atoms with Crippen molar-refractivity contribution in [2.24, 2.45) is 5.73 Å². The van der Waals surface area contributed by atoms with Crippen molar-refractivity contribution in [2.75, 3.05) is 4.90 Å². The van der Waals surface area contributed by atoms with Crippen LogP contribution in [0.5, 0.6) is 0 Å². The molecule has 0 aromatic carbocycles. The minimum Gasteiger partial charge on any atom is -0.403 e. The molecule has 0 aliphatic carbocycles. The van der Waals surface area contributed by atoms with Gasteiger partial charge in [-0.25, -0.2) is 4.98 Å². The Kier molecular flexibility index (Phi) is 3.50. The lowest BCUT2D eigenvalue weighted by atomic mass is 10.2. The lowest BCUT2D eigenvalue weighted by Crippen LogP contribution is -2.15. The third-order valence-electron chi connectivity index (χ3n) is 1.98. The molecule has 0 fully saturated rings. The van der Waals surface area contributed by atoms with Crippen LogP contribution in [0.1, 0.15) is 18.2 Å². The van der Waals surface area contributed by atoms with Gasteiger partial charge in [0.1, 0.15) is 5.82 Å². The summed E-state index contributed by atoms with van der Waals surface area (Å²) in [5, 5.41) is 0. The summed E-state index contributed by atoms with van der Waals surface area (Å²) >= 11 is 0. The lowest BCUT2D eigenvalue weighted by Gasteiger charge is -2.19. The minimum absolute atomic E-state index is 0.849. The van der Waals surface area contributed by atoms with Crippen LogP contribution in [0.25, 0.3) is 0 Å². The standard InChI is InChI=1S/C12H17N3/c1-9(2)15(6-5-13)12-8-10(3)7-11(4)14-12/h5-8H,1,13H2,2-4H3/b6-5-. The molecule has 0 saturated heterocycles. The molecule has 80 valence electrons. The smallest absolute Gasteiger partial charge is 0.137 e. The molecule has 0 bridgehead atoms. The van der Waals surface area contributed by atoms with Gasteiger partial charge in [0.05, 0.1) is 0 Å². The van der Waals surface area contributed by atoms with Gasteiger partial charge in [-0.2, -0.15) is 0 Å². The van der Waals surface area contributed by atoms with E-state index in [2.05, 4.69) is 11.6 Å². The zero-order chi connectivity index (χ0) is 11.4. The van der Waals surface area contributed by atoms with Crippen molar-refractivity contribution in [3.05, 3.63) is 48.1 Å². The van der Waals surface area contributed by atoms with Gasteiger partial charge >= 0.3 is 0 Å². The molecule has 0 aliphatic heterocycles. The molecular weight excluding hydrogens is 186 g/mol. The fourth-order valence-corrected chi connectivity index (χ4v) is 1.43. The van der Waals surface area contributed by atoms with Crippen molar-refractivity contribution < 1.29 is 0 Å². The maximum Gasteiger partial charge on any atom is 0.137 e. The molecular formula is C12H17N3. The number of nitrogens with two attached hydrogens (primary N) is 1. The van der Waals surface area contributed by atoms with Crippen molar-refractivity contribution in [1.29, 1.82) is 0 Å². The Morgan fingerprint density at radius 3 is 2.60 bits per heavy atom. The van der Waals surface area contributed by atoms with E-state index >= 15 is 0 Å². The molecule has 15 heavy (non-hydrogen) atoms. The van der Waals surface area contributed by atoms with Crippen molar-refractivity contribution in [2.45, 2.75) is 20.8 Å². The molecule has 1 heterocycles. The van der Waals surface area contributed by atoms with E-state index in [4.69, 9.17) is 5.73 Å². The predicted octanol–water partition coefficient (Wildman–Crippen LogP) is 2.47. The van der Waals surface area contributed by atoms with Gasteiger partial charge in [0.2, 0.25) is 0 Å². The van der Waals surface area contributed by atoms with E-state index in [1.54, 1.807) is 6.20 Å². The first kappa shape index (κ1) is 11.3. The van der Waals surface area contributed by atoms with Gasteiger partial charge in [0.25, 0.3) is 0 Å². The fourth-order valence-electron chi connectivity index (χ4n) is 1.43. The summed E-state index contributed by atoms with van der Waals surface area (Å²) in [6, 6.07) is 4.04. The highest BCUT2D eigenvalue weighted by molar-refractivity contribution is 5.50. The number of aromatic nitrogens is 1. The maximum atomic E-state index is 5.39. The van der Waals surface area contributed by atoms with Gasteiger partial charge < -0.3 is 10.6 Å². The molecule has 0 spiro atoms. The summed E-state index contributed by atoms with van der Waals surface area (Å²) in [5.41, 5.74) is 8.44. The Bertz CT molecular complexity index is 374. The van der Waals surface area contributed by atoms with Crippen LogP contribution in [-0.4, -0.2) is 4.98 Å². The van der Waals surface area contributed by atoms with Crippen LogP contribution >= 0.6 is 0 Å². The van der Waals surface area contributed by atoms with E-state index in [1.165, 1.54) is 11.8 Å². The number of rotatable bonds is 3. The van der Waals surface area contributed by atoms with E-state index in [0.29, 0.717) is 0 Å². The topological polar surface area (TPSA) is 42.1 Å². The molecule has 0 amide bonds. The van der Waals surface area contributed by atoms with Crippen molar-refractivity contribution in [1.82, 2.24) is 4.98 Å². The normalized spacial score (nSPS) is 10.6. The summed E-state index contributed by atoms with van der Waals surface area (Å²) in [6.07, 6.45) is 3.23. The molecule has 0 saturated carbocycles. The first-order valence-corrected chi connectivity index (χ1v) is 4.83. The van der Waals surface area contributed by atoms with E-state index in [1.807, 2.05) is 37.8 Å². The summed E-state index contributed by atoms with van der Waals surface area (Å²) < 4.78 is 0. The summed E-state index contributed by atoms with van der Waals surface area (Å²) in [6.45, 7) is 9.82. The van der Waals surface area contributed by atoms with Gasteiger partial charge in [-0.15, -0.1) is 0 Å².